The molecule has 0 unspecified atom stereocenters. The molecule has 9 N–H and O–H groups in total. The number of carboxylic acid groups (broad SMARTS) is 1. The fraction of sp³-hybridized carbons (Fsp3) is 0.762. The van der Waals surface area contributed by atoms with Crippen LogP contribution in [-0.2, 0) is 24.0 Å². The Morgan fingerprint density at radius 2 is 1.21 bits per heavy atom. The van der Waals surface area contributed by atoms with E-state index in [2.05, 4.69) is 16.0 Å². The molecule has 0 rings (SSSR count). The predicted molar refractivity (Wildman–Crippen MR) is 122 cm³/mol. The Kier molecular flexibility index (Phi) is 14.0. The number of amides is 4. The summed E-state index contributed by atoms with van der Waals surface area (Å²) in [5.41, 5.74) is 5.58. The van der Waals surface area contributed by atoms with Crippen LogP contribution in [0.25, 0.3) is 0 Å². The third-order valence-corrected chi connectivity index (χ3v) is 5.16. The van der Waals surface area contributed by atoms with Crippen molar-refractivity contribution in [3.63, 3.8) is 0 Å². The average Bonchev–Trinajstić information content (AvgIpc) is 2.76. The highest BCUT2D eigenvalue weighted by Crippen LogP contribution is 2.11. The molecule has 0 fully saturated rings. The lowest BCUT2D eigenvalue weighted by molar-refractivity contribution is -0.143. The van der Waals surface area contributed by atoms with Crippen molar-refractivity contribution in [1.82, 2.24) is 21.3 Å². The van der Waals surface area contributed by atoms with Crippen molar-refractivity contribution in [3.05, 3.63) is 0 Å². The van der Waals surface area contributed by atoms with Gasteiger partial charge in [0.15, 0.2) is 0 Å². The second kappa shape index (κ2) is 15.2. The number of rotatable bonds is 15. The van der Waals surface area contributed by atoms with Gasteiger partial charge in [-0.15, -0.1) is 0 Å². The van der Waals surface area contributed by atoms with Crippen LogP contribution < -0.4 is 27.0 Å². The number of nitrogens with two attached hydrogens (primary N) is 1. The largest absolute Gasteiger partial charge is 0.480 e. The number of aliphatic hydroxyl groups excluding tert-OH is 2. The zero-order valence-electron chi connectivity index (χ0n) is 20.3. The molecule has 0 aromatic rings. The first-order valence-electron chi connectivity index (χ1n) is 11.2. The molecule has 0 aromatic heterocycles. The van der Waals surface area contributed by atoms with E-state index in [1.165, 1.54) is 6.92 Å². The van der Waals surface area contributed by atoms with Crippen molar-refractivity contribution in [2.45, 2.75) is 77.7 Å². The van der Waals surface area contributed by atoms with E-state index in [-0.39, 0.29) is 18.3 Å². The maximum Gasteiger partial charge on any atom is 0.328 e. The molecule has 0 aliphatic heterocycles. The van der Waals surface area contributed by atoms with Crippen LogP contribution in [0.5, 0.6) is 0 Å². The van der Waals surface area contributed by atoms with Crippen LogP contribution in [0.15, 0.2) is 0 Å². The van der Waals surface area contributed by atoms with Gasteiger partial charge in [0.05, 0.1) is 19.3 Å². The molecule has 13 heteroatoms. The Morgan fingerprint density at radius 1 is 0.735 bits per heavy atom. The number of carbonyl (C=O) groups excluding carboxylic acids is 4. The molecule has 6 atom stereocenters. The lowest BCUT2D eigenvalue weighted by Crippen LogP contribution is -2.60. The van der Waals surface area contributed by atoms with Gasteiger partial charge in [-0.1, -0.05) is 34.1 Å². The van der Waals surface area contributed by atoms with E-state index in [1.54, 1.807) is 6.92 Å². The minimum atomic E-state index is -1.62. The number of carboxylic acids is 1. The normalized spacial score (nSPS) is 16.4. The molecule has 0 heterocycles. The predicted octanol–water partition coefficient (Wildman–Crippen LogP) is -2.57. The monoisotopic (exact) mass is 489 g/mol. The third-order valence-electron chi connectivity index (χ3n) is 5.16. The lowest BCUT2D eigenvalue weighted by Gasteiger charge is -2.28. The first-order chi connectivity index (χ1) is 15.8. The quantitative estimate of drug-likeness (QED) is 0.121. The van der Waals surface area contributed by atoms with Crippen LogP contribution in [0.4, 0.5) is 0 Å². The van der Waals surface area contributed by atoms with Crippen molar-refractivity contribution < 1.29 is 39.3 Å². The Bertz CT molecular complexity index is 715. The van der Waals surface area contributed by atoms with Gasteiger partial charge in [-0.3, -0.25) is 19.2 Å². The van der Waals surface area contributed by atoms with Gasteiger partial charge in [-0.25, -0.2) is 4.79 Å². The standard InChI is InChI=1S/C21H39N5O8/c1-6-11(4)16(26-17(29)12(5)22)20(32)23-13(7-10(2)3)18(30)24-14(8-27)19(31)25-15(9-28)21(33)34/h10-16,27-28H,6-9,22H2,1-5H3,(H,23,32)(H,24,30)(H,25,31)(H,26,29)(H,33,34)/t11-,12-,13-,14-,15-,16-/m0/s1. The number of carbonyl (C=O) groups is 5. The van der Waals surface area contributed by atoms with E-state index in [0.717, 1.165) is 0 Å². The summed E-state index contributed by atoms with van der Waals surface area (Å²) < 4.78 is 0. The minimum absolute atomic E-state index is 0.0519. The topological polar surface area (TPSA) is 220 Å². The summed E-state index contributed by atoms with van der Waals surface area (Å²) in [6.07, 6.45) is 0.737. The van der Waals surface area contributed by atoms with Crippen LogP contribution in [0, 0.1) is 11.8 Å². The number of aliphatic carboxylic acids is 1. The van der Waals surface area contributed by atoms with Crippen molar-refractivity contribution >= 4 is 29.6 Å². The minimum Gasteiger partial charge on any atom is -0.480 e. The van der Waals surface area contributed by atoms with Crippen molar-refractivity contribution in [2.24, 2.45) is 17.6 Å². The van der Waals surface area contributed by atoms with Crippen molar-refractivity contribution in [1.29, 1.82) is 0 Å². The molecule has 4 amide bonds. The number of nitrogens with one attached hydrogen (secondary N) is 4. The van der Waals surface area contributed by atoms with Crippen LogP contribution in [0.2, 0.25) is 0 Å². The fourth-order valence-corrected chi connectivity index (χ4v) is 2.88. The van der Waals surface area contributed by atoms with E-state index < -0.39 is 73.0 Å². The summed E-state index contributed by atoms with van der Waals surface area (Å²) in [7, 11) is 0. The first-order valence-corrected chi connectivity index (χ1v) is 11.2. The summed E-state index contributed by atoms with van der Waals surface area (Å²) in [6.45, 7) is 6.96. The van der Waals surface area contributed by atoms with Crippen LogP contribution >= 0.6 is 0 Å². The number of hydrogen-bond acceptors (Lipinski definition) is 8. The lowest BCUT2D eigenvalue weighted by atomic mass is 9.96. The molecule has 196 valence electrons. The molecule has 0 aliphatic carbocycles. The zero-order chi connectivity index (χ0) is 26.6. The van der Waals surface area contributed by atoms with Crippen molar-refractivity contribution in [3.8, 4) is 0 Å². The molecule has 0 radical (unpaired) electrons. The molecule has 13 nitrogen and oxygen atoms in total. The molecular weight excluding hydrogens is 450 g/mol. The van der Waals surface area contributed by atoms with Crippen LogP contribution in [0.1, 0.15) is 47.5 Å². The number of aliphatic hydroxyl groups is 2. The Labute approximate surface area is 199 Å². The van der Waals surface area contributed by atoms with Gasteiger partial charge in [0.2, 0.25) is 23.6 Å². The molecule has 0 bridgehead atoms. The van der Waals surface area contributed by atoms with Gasteiger partial charge in [-0.05, 0) is 25.2 Å². The highest BCUT2D eigenvalue weighted by molar-refractivity contribution is 5.95. The van der Waals surface area contributed by atoms with E-state index in [9.17, 15) is 29.1 Å². The molecule has 0 aliphatic rings. The van der Waals surface area contributed by atoms with E-state index in [4.69, 9.17) is 15.9 Å². The molecule has 0 saturated carbocycles. The Balaban J connectivity index is 5.56. The molecular formula is C21H39N5O8. The van der Waals surface area contributed by atoms with E-state index >= 15 is 0 Å². The SMILES string of the molecule is CC[C@H](C)[C@H](NC(=O)[C@H](C)N)C(=O)N[C@@H](CC(C)C)C(=O)N[C@@H](CO)C(=O)N[C@@H](CO)C(=O)O. The molecule has 34 heavy (non-hydrogen) atoms. The Morgan fingerprint density at radius 3 is 1.62 bits per heavy atom. The summed E-state index contributed by atoms with van der Waals surface area (Å²) in [5, 5.41) is 37.0. The maximum atomic E-state index is 13.0. The summed E-state index contributed by atoms with van der Waals surface area (Å²) in [6, 6.07) is -6.04. The molecule has 0 spiro atoms. The van der Waals surface area contributed by atoms with Gasteiger partial charge in [0.25, 0.3) is 0 Å². The van der Waals surface area contributed by atoms with E-state index in [1.807, 2.05) is 26.1 Å². The average molecular weight is 490 g/mol. The summed E-state index contributed by atoms with van der Waals surface area (Å²) in [4.78, 5) is 61.2. The first kappa shape index (κ1) is 31.2. The zero-order valence-corrected chi connectivity index (χ0v) is 20.3. The molecule has 0 saturated heterocycles. The van der Waals surface area contributed by atoms with Crippen LogP contribution in [0.3, 0.4) is 0 Å². The highest BCUT2D eigenvalue weighted by atomic mass is 16.4. The smallest absolute Gasteiger partial charge is 0.328 e. The third kappa shape index (κ3) is 10.4. The van der Waals surface area contributed by atoms with Gasteiger partial charge in [0, 0.05) is 0 Å². The Hall–Kier alpha value is -2.77. The van der Waals surface area contributed by atoms with Crippen LogP contribution in [-0.4, -0.2) is 88.3 Å². The van der Waals surface area contributed by atoms with Gasteiger partial charge < -0.3 is 42.3 Å². The summed E-state index contributed by atoms with van der Waals surface area (Å²) >= 11 is 0. The second-order valence-electron chi connectivity index (χ2n) is 8.68. The second-order valence-corrected chi connectivity index (χ2v) is 8.68. The number of hydrogen-bond donors (Lipinski definition) is 8. The maximum absolute atomic E-state index is 13.0. The fourth-order valence-electron chi connectivity index (χ4n) is 2.88. The van der Waals surface area contributed by atoms with Crippen molar-refractivity contribution in [2.75, 3.05) is 13.2 Å². The van der Waals surface area contributed by atoms with Gasteiger partial charge >= 0.3 is 5.97 Å². The van der Waals surface area contributed by atoms with E-state index in [0.29, 0.717) is 6.42 Å². The van der Waals surface area contributed by atoms with Gasteiger partial charge in [-0.2, -0.15) is 0 Å². The highest BCUT2D eigenvalue weighted by Gasteiger charge is 2.33. The summed E-state index contributed by atoms with van der Waals surface area (Å²) in [5.74, 6) is -4.76. The molecule has 0 aromatic carbocycles. The van der Waals surface area contributed by atoms with Gasteiger partial charge in [0.1, 0.15) is 24.2 Å².